The molecule has 0 aliphatic heterocycles. The summed E-state index contributed by atoms with van der Waals surface area (Å²) in [7, 11) is 2.99. The smallest absolute Gasteiger partial charge is 0.200 e. The van der Waals surface area contributed by atoms with Crippen LogP contribution in [0.3, 0.4) is 0 Å². The number of benzene rings is 2. The molecule has 0 fully saturated rings. The third kappa shape index (κ3) is 2.26. The highest BCUT2D eigenvalue weighted by molar-refractivity contribution is 5.84. The van der Waals surface area contributed by atoms with E-state index in [1.165, 1.54) is 25.5 Å². The number of hydrogen-bond donors (Lipinski definition) is 1. The van der Waals surface area contributed by atoms with Crippen LogP contribution in [0.5, 0.6) is 17.2 Å². The highest BCUT2D eigenvalue weighted by atomic mass is 16.5. The van der Waals surface area contributed by atoms with Gasteiger partial charge in [0.15, 0.2) is 11.5 Å². The fraction of sp³-hybridized carbons (Fsp3) is 0.118. The Balaban J connectivity index is 2.25. The van der Waals surface area contributed by atoms with Gasteiger partial charge in [0.1, 0.15) is 17.6 Å². The molecule has 0 saturated heterocycles. The van der Waals surface area contributed by atoms with E-state index in [1.54, 1.807) is 31.4 Å². The standard InChI is InChI=1S/C17H14O5/c1-20-11-5-3-4-10(6-11)13-9-22-15-8-14(18)16(21-2)7-12(15)17(13)19/h3-9,18H,1-2H3. The van der Waals surface area contributed by atoms with E-state index in [9.17, 15) is 9.90 Å². The molecule has 5 nitrogen and oxygen atoms in total. The second-order valence-corrected chi connectivity index (χ2v) is 4.73. The van der Waals surface area contributed by atoms with Gasteiger partial charge in [-0.05, 0) is 23.8 Å². The predicted molar refractivity (Wildman–Crippen MR) is 82.7 cm³/mol. The van der Waals surface area contributed by atoms with E-state index in [2.05, 4.69) is 0 Å². The van der Waals surface area contributed by atoms with Gasteiger partial charge < -0.3 is 19.0 Å². The van der Waals surface area contributed by atoms with E-state index < -0.39 is 0 Å². The zero-order valence-corrected chi connectivity index (χ0v) is 12.1. The van der Waals surface area contributed by atoms with Gasteiger partial charge >= 0.3 is 0 Å². The predicted octanol–water partition coefficient (Wildman–Crippen LogP) is 3.18. The maximum atomic E-state index is 12.7. The molecule has 1 aromatic heterocycles. The van der Waals surface area contributed by atoms with Crippen molar-refractivity contribution in [1.82, 2.24) is 0 Å². The van der Waals surface area contributed by atoms with Crippen LogP contribution in [0.25, 0.3) is 22.1 Å². The Labute approximate surface area is 126 Å². The zero-order valence-electron chi connectivity index (χ0n) is 12.1. The molecule has 0 aliphatic carbocycles. The largest absolute Gasteiger partial charge is 0.504 e. The van der Waals surface area contributed by atoms with E-state index >= 15 is 0 Å². The number of phenolic OH excluding ortho intramolecular Hbond substituents is 1. The first-order valence-corrected chi connectivity index (χ1v) is 6.61. The van der Waals surface area contributed by atoms with Crippen molar-refractivity contribution < 1.29 is 19.0 Å². The molecule has 1 N–H and O–H groups in total. The molecule has 5 heteroatoms. The summed E-state index contributed by atoms with van der Waals surface area (Å²) in [6, 6.07) is 10.0. The molecule has 0 saturated carbocycles. The Bertz CT molecular complexity index is 895. The molecule has 112 valence electrons. The van der Waals surface area contributed by atoms with E-state index in [1.807, 2.05) is 0 Å². The summed E-state index contributed by atoms with van der Waals surface area (Å²) in [5.74, 6) is 0.801. The summed E-state index contributed by atoms with van der Waals surface area (Å²) in [5.41, 5.74) is 1.21. The lowest BCUT2D eigenvalue weighted by Crippen LogP contribution is -2.05. The topological polar surface area (TPSA) is 68.9 Å². The Morgan fingerprint density at radius 1 is 1.09 bits per heavy atom. The fourth-order valence-electron chi connectivity index (χ4n) is 2.30. The van der Waals surface area contributed by atoms with Crippen LogP contribution in [0.2, 0.25) is 0 Å². The number of aromatic hydroxyl groups is 1. The Kier molecular flexibility index (Phi) is 3.47. The summed E-state index contributed by atoms with van der Waals surface area (Å²) in [5, 5.41) is 10.1. The second kappa shape index (κ2) is 5.44. The SMILES string of the molecule is COc1cccc(-c2coc3cc(O)c(OC)cc3c2=O)c1. The minimum Gasteiger partial charge on any atom is -0.504 e. The van der Waals surface area contributed by atoms with E-state index in [0.717, 1.165) is 0 Å². The molecular formula is C17H14O5. The molecule has 0 amide bonds. The molecule has 22 heavy (non-hydrogen) atoms. The van der Waals surface area contributed by atoms with E-state index in [4.69, 9.17) is 13.9 Å². The Morgan fingerprint density at radius 3 is 2.64 bits per heavy atom. The Hall–Kier alpha value is -2.95. The summed E-state index contributed by atoms with van der Waals surface area (Å²) < 4.78 is 15.7. The van der Waals surface area contributed by atoms with Crippen LogP contribution in [0, 0.1) is 0 Å². The third-order valence-corrected chi connectivity index (χ3v) is 3.45. The van der Waals surface area contributed by atoms with Crippen LogP contribution in [0.1, 0.15) is 0 Å². The molecule has 2 aromatic carbocycles. The zero-order chi connectivity index (χ0) is 15.7. The minimum absolute atomic E-state index is 0.0766. The van der Waals surface area contributed by atoms with E-state index in [-0.39, 0.29) is 16.9 Å². The van der Waals surface area contributed by atoms with Crippen molar-refractivity contribution in [1.29, 1.82) is 0 Å². The van der Waals surface area contributed by atoms with Crippen molar-refractivity contribution in [3.63, 3.8) is 0 Å². The summed E-state index contributed by atoms with van der Waals surface area (Å²) in [6.45, 7) is 0. The first kappa shape index (κ1) is 14.0. The molecule has 0 aliphatic rings. The van der Waals surface area contributed by atoms with Crippen LogP contribution >= 0.6 is 0 Å². The highest BCUT2D eigenvalue weighted by Crippen LogP contribution is 2.31. The monoisotopic (exact) mass is 298 g/mol. The molecular weight excluding hydrogens is 284 g/mol. The van der Waals surface area contributed by atoms with Crippen molar-refractivity contribution in [3.05, 3.63) is 52.9 Å². The van der Waals surface area contributed by atoms with Crippen LogP contribution in [0.4, 0.5) is 0 Å². The van der Waals surface area contributed by atoms with Crippen LogP contribution < -0.4 is 14.9 Å². The molecule has 3 aromatic rings. The fourth-order valence-corrected chi connectivity index (χ4v) is 2.30. The molecule has 0 bridgehead atoms. The number of hydrogen-bond acceptors (Lipinski definition) is 5. The Morgan fingerprint density at radius 2 is 1.91 bits per heavy atom. The van der Waals surface area contributed by atoms with Crippen molar-refractivity contribution in [2.75, 3.05) is 14.2 Å². The highest BCUT2D eigenvalue weighted by Gasteiger charge is 2.13. The number of fused-ring (bicyclic) bond motifs is 1. The molecule has 3 rings (SSSR count). The van der Waals surface area contributed by atoms with Crippen molar-refractivity contribution in [2.45, 2.75) is 0 Å². The van der Waals surface area contributed by atoms with Crippen LogP contribution in [-0.2, 0) is 0 Å². The van der Waals surface area contributed by atoms with Gasteiger partial charge in [0.25, 0.3) is 0 Å². The van der Waals surface area contributed by atoms with Gasteiger partial charge in [-0.1, -0.05) is 12.1 Å². The summed E-state index contributed by atoms with van der Waals surface area (Å²) in [6.07, 6.45) is 1.38. The van der Waals surface area contributed by atoms with Crippen LogP contribution in [0.15, 0.2) is 51.9 Å². The maximum Gasteiger partial charge on any atom is 0.200 e. The molecule has 0 atom stereocenters. The van der Waals surface area contributed by atoms with Gasteiger partial charge in [0.2, 0.25) is 5.43 Å². The van der Waals surface area contributed by atoms with Gasteiger partial charge in [-0.25, -0.2) is 0 Å². The third-order valence-electron chi connectivity index (χ3n) is 3.45. The average molecular weight is 298 g/mol. The quantitative estimate of drug-likeness (QED) is 0.804. The normalized spacial score (nSPS) is 10.6. The summed E-state index contributed by atoms with van der Waals surface area (Å²) in [4.78, 5) is 12.7. The lowest BCUT2D eigenvalue weighted by atomic mass is 10.1. The first-order chi connectivity index (χ1) is 10.6. The van der Waals surface area contributed by atoms with Gasteiger partial charge in [-0.15, -0.1) is 0 Å². The van der Waals surface area contributed by atoms with Crippen molar-refractivity contribution in [3.8, 4) is 28.4 Å². The second-order valence-electron chi connectivity index (χ2n) is 4.73. The van der Waals surface area contributed by atoms with Crippen molar-refractivity contribution in [2.24, 2.45) is 0 Å². The van der Waals surface area contributed by atoms with Gasteiger partial charge in [0, 0.05) is 6.07 Å². The van der Waals surface area contributed by atoms with Gasteiger partial charge in [0.05, 0.1) is 25.2 Å². The molecule has 0 unspecified atom stereocenters. The van der Waals surface area contributed by atoms with Gasteiger partial charge in [-0.2, -0.15) is 0 Å². The lowest BCUT2D eigenvalue weighted by molar-refractivity contribution is 0.373. The minimum atomic E-state index is -0.201. The first-order valence-electron chi connectivity index (χ1n) is 6.61. The summed E-state index contributed by atoms with van der Waals surface area (Å²) >= 11 is 0. The molecule has 1 heterocycles. The number of rotatable bonds is 3. The lowest BCUT2D eigenvalue weighted by Gasteiger charge is -2.07. The van der Waals surface area contributed by atoms with Gasteiger partial charge in [-0.3, -0.25) is 4.79 Å². The number of ether oxygens (including phenoxy) is 2. The number of phenols is 1. The maximum absolute atomic E-state index is 12.7. The van der Waals surface area contributed by atoms with E-state index in [0.29, 0.717) is 27.8 Å². The van der Waals surface area contributed by atoms with Crippen molar-refractivity contribution >= 4 is 11.0 Å². The molecule has 0 radical (unpaired) electrons. The average Bonchev–Trinajstić information content (AvgIpc) is 2.55. The number of methoxy groups -OCH3 is 2. The molecule has 0 spiro atoms. The van der Waals surface area contributed by atoms with Crippen LogP contribution in [-0.4, -0.2) is 19.3 Å².